The van der Waals surface area contributed by atoms with Crippen LogP contribution in [-0.2, 0) is 0 Å². The molecule has 2 saturated carbocycles. The van der Waals surface area contributed by atoms with Crippen molar-refractivity contribution < 1.29 is 0 Å². The van der Waals surface area contributed by atoms with E-state index in [-0.39, 0.29) is 12.4 Å². The van der Waals surface area contributed by atoms with Crippen LogP contribution in [0.5, 0.6) is 0 Å². The summed E-state index contributed by atoms with van der Waals surface area (Å²) in [6, 6.07) is 0. The normalized spacial score (nSPS) is 27.0. The predicted octanol–water partition coefficient (Wildman–Crippen LogP) is 2.34. The van der Waals surface area contributed by atoms with Crippen molar-refractivity contribution in [1.82, 2.24) is 0 Å². The average molecular weight is 176 g/mol. The largest absolute Gasteiger partial charge is 0.330 e. The van der Waals surface area contributed by atoms with Crippen molar-refractivity contribution in [3.63, 3.8) is 0 Å². The molecule has 0 atom stereocenters. The van der Waals surface area contributed by atoms with Crippen LogP contribution in [0.2, 0.25) is 0 Å². The molecule has 66 valence electrons. The fourth-order valence-corrected chi connectivity index (χ4v) is 1.98. The van der Waals surface area contributed by atoms with Gasteiger partial charge < -0.3 is 5.73 Å². The van der Waals surface area contributed by atoms with Gasteiger partial charge >= 0.3 is 0 Å². The zero-order valence-corrected chi connectivity index (χ0v) is 7.83. The molecule has 2 heteroatoms. The van der Waals surface area contributed by atoms with Gasteiger partial charge in [0.05, 0.1) is 0 Å². The Kier molecular flexibility index (Phi) is 2.82. The van der Waals surface area contributed by atoms with Crippen LogP contribution in [0.15, 0.2) is 0 Å². The second-order valence-electron chi connectivity index (χ2n) is 4.21. The zero-order chi connectivity index (χ0) is 7.03. The highest BCUT2D eigenvalue weighted by molar-refractivity contribution is 5.85. The van der Waals surface area contributed by atoms with E-state index in [1.54, 1.807) is 0 Å². The molecule has 0 amide bonds. The zero-order valence-electron chi connectivity index (χ0n) is 7.01. The van der Waals surface area contributed by atoms with Crippen LogP contribution >= 0.6 is 12.4 Å². The van der Waals surface area contributed by atoms with Gasteiger partial charge in [0.1, 0.15) is 0 Å². The molecule has 0 unspecified atom stereocenters. The maximum Gasteiger partial charge on any atom is -0.00204 e. The fourth-order valence-electron chi connectivity index (χ4n) is 1.98. The molecular formula is C9H18ClN. The van der Waals surface area contributed by atoms with E-state index in [0.29, 0.717) is 5.41 Å². The second-order valence-corrected chi connectivity index (χ2v) is 4.21. The lowest BCUT2D eigenvalue weighted by Gasteiger charge is -2.29. The van der Waals surface area contributed by atoms with Crippen molar-refractivity contribution in [3.05, 3.63) is 0 Å². The predicted molar refractivity (Wildman–Crippen MR) is 49.9 cm³/mol. The first-order valence-electron chi connectivity index (χ1n) is 4.55. The lowest BCUT2D eigenvalue weighted by Crippen LogP contribution is -2.22. The lowest BCUT2D eigenvalue weighted by atomic mass is 9.78. The third-order valence-corrected chi connectivity index (χ3v) is 3.34. The van der Waals surface area contributed by atoms with Crippen molar-refractivity contribution in [2.24, 2.45) is 17.1 Å². The number of hydrogen-bond acceptors (Lipinski definition) is 1. The van der Waals surface area contributed by atoms with E-state index >= 15 is 0 Å². The summed E-state index contributed by atoms with van der Waals surface area (Å²) in [5.41, 5.74) is 6.34. The van der Waals surface area contributed by atoms with Gasteiger partial charge in [-0.1, -0.05) is 19.3 Å². The van der Waals surface area contributed by atoms with Crippen molar-refractivity contribution in [1.29, 1.82) is 0 Å². The van der Waals surface area contributed by atoms with Gasteiger partial charge in [0.15, 0.2) is 0 Å². The van der Waals surface area contributed by atoms with Crippen molar-refractivity contribution in [2.45, 2.75) is 38.5 Å². The van der Waals surface area contributed by atoms with Crippen LogP contribution in [0.25, 0.3) is 0 Å². The van der Waals surface area contributed by atoms with Gasteiger partial charge in [0, 0.05) is 0 Å². The Morgan fingerprint density at radius 2 is 1.91 bits per heavy atom. The Hall–Kier alpha value is 0.250. The summed E-state index contributed by atoms with van der Waals surface area (Å²) in [5.74, 6) is 1.06. The SMILES string of the molecule is Cl.NCC1(CC2CCC2)CC1. The molecule has 11 heavy (non-hydrogen) atoms. The van der Waals surface area contributed by atoms with E-state index in [2.05, 4.69) is 0 Å². The molecule has 2 fully saturated rings. The molecule has 0 aliphatic heterocycles. The van der Waals surface area contributed by atoms with Crippen LogP contribution in [0, 0.1) is 11.3 Å². The molecule has 0 saturated heterocycles. The molecule has 2 N–H and O–H groups in total. The maximum atomic E-state index is 5.70. The lowest BCUT2D eigenvalue weighted by molar-refractivity contribution is 0.241. The van der Waals surface area contributed by atoms with E-state index in [9.17, 15) is 0 Å². The van der Waals surface area contributed by atoms with E-state index in [1.807, 2.05) is 0 Å². The fraction of sp³-hybridized carbons (Fsp3) is 1.00. The summed E-state index contributed by atoms with van der Waals surface area (Å²) in [7, 11) is 0. The number of rotatable bonds is 3. The molecular weight excluding hydrogens is 158 g/mol. The second kappa shape index (κ2) is 3.32. The summed E-state index contributed by atoms with van der Waals surface area (Å²) in [4.78, 5) is 0. The van der Waals surface area contributed by atoms with Crippen molar-refractivity contribution in [2.75, 3.05) is 6.54 Å². The molecule has 2 rings (SSSR count). The first kappa shape index (κ1) is 9.34. The highest BCUT2D eigenvalue weighted by atomic mass is 35.5. The first-order chi connectivity index (χ1) is 4.85. The number of halogens is 1. The Labute approximate surface area is 75.1 Å². The molecule has 0 spiro atoms. The molecule has 0 aromatic rings. The third-order valence-electron chi connectivity index (χ3n) is 3.34. The quantitative estimate of drug-likeness (QED) is 0.700. The Bertz CT molecular complexity index is 128. The summed E-state index contributed by atoms with van der Waals surface area (Å²) in [6.07, 6.45) is 8.73. The molecule has 0 heterocycles. The van der Waals surface area contributed by atoms with Crippen LogP contribution in [0.4, 0.5) is 0 Å². The Morgan fingerprint density at radius 1 is 1.27 bits per heavy atom. The minimum Gasteiger partial charge on any atom is -0.330 e. The van der Waals surface area contributed by atoms with Crippen molar-refractivity contribution >= 4 is 12.4 Å². The third kappa shape index (κ3) is 1.88. The topological polar surface area (TPSA) is 26.0 Å². The molecule has 0 aromatic carbocycles. The van der Waals surface area contributed by atoms with Crippen LogP contribution < -0.4 is 5.73 Å². The summed E-state index contributed by atoms with van der Waals surface area (Å²) < 4.78 is 0. The van der Waals surface area contributed by atoms with Crippen LogP contribution in [0.1, 0.15) is 38.5 Å². The smallest absolute Gasteiger partial charge is 0.00204 e. The van der Waals surface area contributed by atoms with Gasteiger partial charge in [-0.15, -0.1) is 12.4 Å². The van der Waals surface area contributed by atoms with Gasteiger partial charge in [-0.3, -0.25) is 0 Å². The van der Waals surface area contributed by atoms with E-state index in [4.69, 9.17) is 5.73 Å². The summed E-state index contributed by atoms with van der Waals surface area (Å²) in [6.45, 7) is 0.948. The Balaban J connectivity index is 0.000000605. The first-order valence-corrected chi connectivity index (χ1v) is 4.55. The molecule has 2 aliphatic carbocycles. The van der Waals surface area contributed by atoms with E-state index in [1.165, 1.54) is 38.5 Å². The van der Waals surface area contributed by atoms with Crippen LogP contribution in [0.3, 0.4) is 0 Å². The molecule has 0 bridgehead atoms. The summed E-state index contributed by atoms with van der Waals surface area (Å²) >= 11 is 0. The van der Waals surface area contributed by atoms with E-state index in [0.717, 1.165) is 12.5 Å². The molecule has 0 aromatic heterocycles. The standard InChI is InChI=1S/C9H17N.ClH/c10-7-9(4-5-9)6-8-2-1-3-8;/h8H,1-7,10H2;1H. The summed E-state index contributed by atoms with van der Waals surface area (Å²) in [5, 5.41) is 0. The minimum atomic E-state index is 0. The van der Waals surface area contributed by atoms with E-state index < -0.39 is 0 Å². The molecule has 2 aliphatic rings. The Morgan fingerprint density at radius 3 is 2.18 bits per heavy atom. The number of hydrogen-bond donors (Lipinski definition) is 1. The average Bonchev–Trinajstić information content (AvgIpc) is 2.60. The molecule has 1 nitrogen and oxygen atoms in total. The van der Waals surface area contributed by atoms with Gasteiger partial charge in [-0.25, -0.2) is 0 Å². The van der Waals surface area contributed by atoms with Gasteiger partial charge in [-0.2, -0.15) is 0 Å². The molecule has 0 radical (unpaired) electrons. The maximum absolute atomic E-state index is 5.70. The van der Waals surface area contributed by atoms with Gasteiger partial charge in [-0.05, 0) is 37.1 Å². The minimum absolute atomic E-state index is 0. The number of nitrogens with two attached hydrogens (primary N) is 1. The van der Waals surface area contributed by atoms with Crippen molar-refractivity contribution in [3.8, 4) is 0 Å². The van der Waals surface area contributed by atoms with Crippen LogP contribution in [-0.4, -0.2) is 6.54 Å². The highest BCUT2D eigenvalue weighted by Gasteiger charge is 2.43. The highest BCUT2D eigenvalue weighted by Crippen LogP contribution is 2.52. The van der Waals surface area contributed by atoms with Gasteiger partial charge in [0.25, 0.3) is 0 Å². The monoisotopic (exact) mass is 175 g/mol. The van der Waals surface area contributed by atoms with Gasteiger partial charge in [0.2, 0.25) is 0 Å².